The molecule has 0 unspecified atom stereocenters. The van der Waals surface area contributed by atoms with Gasteiger partial charge in [0, 0.05) is 26.7 Å². The van der Waals surface area contributed by atoms with Crippen molar-refractivity contribution in [2.24, 2.45) is 0 Å². The average Bonchev–Trinajstić information content (AvgIpc) is 2.37. The van der Waals surface area contributed by atoms with E-state index in [4.69, 9.17) is 4.74 Å². The normalized spacial score (nSPS) is 15.7. The second kappa shape index (κ2) is 4.78. The third kappa shape index (κ3) is 2.18. The Kier molecular flexibility index (Phi) is 3.49. The Morgan fingerprint density at radius 3 is 2.67 bits per heavy atom. The molecule has 0 aliphatic carbocycles. The molecule has 1 aliphatic heterocycles. The first-order valence-electron chi connectivity index (χ1n) is 5.84. The zero-order valence-corrected chi connectivity index (χ0v) is 11.7. The minimum absolute atomic E-state index is 0.515. The summed E-state index contributed by atoms with van der Waals surface area (Å²) in [5.74, 6) is 0.676. The number of aryl methyl sites for hydroxylation is 1. The maximum atomic E-state index is 12.3. The van der Waals surface area contributed by atoms with Crippen LogP contribution in [0.3, 0.4) is 0 Å². The third-order valence-corrected chi connectivity index (χ3v) is 4.97. The van der Waals surface area contributed by atoms with Gasteiger partial charge in [-0.2, -0.15) is 12.7 Å². The topological polar surface area (TPSA) is 49.9 Å². The molecule has 0 saturated heterocycles. The monoisotopic (exact) mass is 270 g/mol. The minimum Gasteiger partial charge on any atom is -0.497 e. The van der Waals surface area contributed by atoms with Crippen LogP contribution in [0.5, 0.6) is 5.75 Å². The minimum atomic E-state index is -3.43. The average molecular weight is 270 g/mol. The predicted molar refractivity (Wildman–Crippen MR) is 71.3 cm³/mol. The fourth-order valence-electron chi connectivity index (χ4n) is 2.08. The number of benzene rings is 1. The molecular formula is C12H18N2O3S. The van der Waals surface area contributed by atoms with Gasteiger partial charge in [0.05, 0.1) is 12.8 Å². The first kappa shape index (κ1) is 13.2. The Labute approximate surface area is 108 Å². The largest absolute Gasteiger partial charge is 0.497 e. The van der Waals surface area contributed by atoms with Gasteiger partial charge >= 0.3 is 10.2 Å². The van der Waals surface area contributed by atoms with E-state index in [0.717, 1.165) is 24.1 Å². The second-order valence-corrected chi connectivity index (χ2v) is 6.53. The van der Waals surface area contributed by atoms with Crippen molar-refractivity contribution in [1.82, 2.24) is 4.31 Å². The standard InChI is InChI=1S/C12H18N2O3S/c1-13(2)18(15,16)14-8-4-5-10-6-7-11(17-3)9-12(10)14/h6-7,9H,4-5,8H2,1-3H3. The summed E-state index contributed by atoms with van der Waals surface area (Å²) in [6.07, 6.45) is 1.74. The summed E-state index contributed by atoms with van der Waals surface area (Å²) in [5.41, 5.74) is 1.78. The molecule has 0 amide bonds. The van der Waals surface area contributed by atoms with Gasteiger partial charge in [-0.15, -0.1) is 0 Å². The number of fused-ring (bicyclic) bond motifs is 1. The lowest BCUT2D eigenvalue weighted by Gasteiger charge is -2.32. The van der Waals surface area contributed by atoms with Crippen molar-refractivity contribution in [3.05, 3.63) is 23.8 Å². The van der Waals surface area contributed by atoms with Gasteiger partial charge in [0.15, 0.2) is 0 Å². The van der Waals surface area contributed by atoms with E-state index in [1.807, 2.05) is 12.1 Å². The zero-order valence-electron chi connectivity index (χ0n) is 10.9. The van der Waals surface area contributed by atoms with Gasteiger partial charge in [-0.25, -0.2) is 0 Å². The number of hydrogen-bond acceptors (Lipinski definition) is 3. The summed E-state index contributed by atoms with van der Waals surface area (Å²) >= 11 is 0. The number of hydrogen-bond donors (Lipinski definition) is 0. The van der Waals surface area contributed by atoms with Crippen LogP contribution in [0.4, 0.5) is 5.69 Å². The van der Waals surface area contributed by atoms with Crippen LogP contribution < -0.4 is 9.04 Å². The Hall–Kier alpha value is -1.27. The van der Waals surface area contributed by atoms with Gasteiger partial charge in [-0.05, 0) is 24.5 Å². The van der Waals surface area contributed by atoms with E-state index in [2.05, 4.69) is 0 Å². The number of methoxy groups -OCH3 is 1. The van der Waals surface area contributed by atoms with Gasteiger partial charge in [0.2, 0.25) is 0 Å². The van der Waals surface area contributed by atoms with E-state index in [1.54, 1.807) is 27.3 Å². The van der Waals surface area contributed by atoms with Crippen molar-refractivity contribution in [2.45, 2.75) is 12.8 Å². The molecule has 1 aliphatic rings. The highest BCUT2D eigenvalue weighted by molar-refractivity contribution is 7.90. The molecule has 100 valence electrons. The lowest BCUT2D eigenvalue weighted by Crippen LogP contribution is -2.42. The summed E-state index contributed by atoms with van der Waals surface area (Å²) in [7, 11) is 1.24. The molecule has 0 N–H and O–H groups in total. The van der Waals surface area contributed by atoms with Crippen molar-refractivity contribution in [3.8, 4) is 5.75 Å². The number of anilines is 1. The molecule has 0 atom stereocenters. The van der Waals surface area contributed by atoms with Gasteiger partial charge in [0.25, 0.3) is 0 Å². The molecule has 0 fully saturated rings. The van der Waals surface area contributed by atoms with Gasteiger partial charge in [-0.1, -0.05) is 6.07 Å². The lowest BCUT2D eigenvalue weighted by atomic mass is 10.0. The summed E-state index contributed by atoms with van der Waals surface area (Å²) in [6, 6.07) is 5.59. The smallest absolute Gasteiger partial charge is 0.303 e. The molecule has 0 aromatic heterocycles. The molecule has 5 nitrogen and oxygen atoms in total. The molecule has 0 bridgehead atoms. The third-order valence-electron chi connectivity index (χ3n) is 3.11. The van der Waals surface area contributed by atoms with Crippen molar-refractivity contribution >= 4 is 15.9 Å². The quantitative estimate of drug-likeness (QED) is 0.830. The van der Waals surface area contributed by atoms with Gasteiger partial charge in [0.1, 0.15) is 5.75 Å². The second-order valence-electron chi connectivity index (χ2n) is 4.46. The fourth-order valence-corrected chi connectivity index (χ4v) is 3.26. The van der Waals surface area contributed by atoms with Crippen molar-refractivity contribution < 1.29 is 13.2 Å². The van der Waals surface area contributed by atoms with Crippen LogP contribution in [0.25, 0.3) is 0 Å². The van der Waals surface area contributed by atoms with Gasteiger partial charge < -0.3 is 4.74 Å². The Balaban J connectivity index is 2.50. The van der Waals surface area contributed by atoms with Gasteiger partial charge in [-0.3, -0.25) is 4.31 Å². The molecule has 0 saturated carbocycles. The van der Waals surface area contributed by atoms with Crippen LogP contribution in [0.15, 0.2) is 18.2 Å². The predicted octanol–water partition coefficient (Wildman–Crippen LogP) is 1.25. The number of ether oxygens (including phenoxy) is 1. The molecule has 0 radical (unpaired) electrons. The highest BCUT2D eigenvalue weighted by atomic mass is 32.2. The van der Waals surface area contributed by atoms with E-state index < -0.39 is 10.2 Å². The van der Waals surface area contributed by atoms with Crippen molar-refractivity contribution in [1.29, 1.82) is 0 Å². The van der Waals surface area contributed by atoms with E-state index in [1.165, 1.54) is 8.61 Å². The summed E-state index contributed by atoms with van der Waals surface area (Å²) in [6.45, 7) is 0.515. The van der Waals surface area contributed by atoms with E-state index in [-0.39, 0.29) is 0 Å². The van der Waals surface area contributed by atoms with E-state index >= 15 is 0 Å². The van der Waals surface area contributed by atoms with Crippen molar-refractivity contribution in [2.75, 3.05) is 32.1 Å². The van der Waals surface area contributed by atoms with E-state index in [0.29, 0.717) is 12.3 Å². The highest BCUT2D eigenvalue weighted by Crippen LogP contribution is 2.33. The SMILES string of the molecule is COc1ccc2c(c1)N(S(=O)(=O)N(C)C)CCC2. The van der Waals surface area contributed by atoms with Crippen LogP contribution in [-0.2, 0) is 16.6 Å². The molecule has 1 aromatic carbocycles. The Bertz CT molecular complexity index is 540. The molecule has 0 spiro atoms. The maximum Gasteiger partial charge on any atom is 0.303 e. The summed E-state index contributed by atoms with van der Waals surface area (Å²) in [5, 5.41) is 0. The molecule has 1 aromatic rings. The van der Waals surface area contributed by atoms with Crippen LogP contribution in [0.1, 0.15) is 12.0 Å². The van der Waals surface area contributed by atoms with E-state index in [9.17, 15) is 8.42 Å². The summed E-state index contributed by atoms with van der Waals surface area (Å²) in [4.78, 5) is 0. The highest BCUT2D eigenvalue weighted by Gasteiger charge is 2.29. The molecular weight excluding hydrogens is 252 g/mol. The van der Waals surface area contributed by atoms with Crippen LogP contribution in [0.2, 0.25) is 0 Å². The number of rotatable bonds is 3. The van der Waals surface area contributed by atoms with Crippen LogP contribution >= 0.6 is 0 Å². The molecule has 18 heavy (non-hydrogen) atoms. The lowest BCUT2D eigenvalue weighted by molar-refractivity contribution is 0.414. The van der Waals surface area contributed by atoms with Crippen LogP contribution in [-0.4, -0.2) is 40.5 Å². The molecule has 6 heteroatoms. The van der Waals surface area contributed by atoms with Crippen LogP contribution in [0, 0.1) is 0 Å². The Morgan fingerprint density at radius 1 is 1.33 bits per heavy atom. The first-order chi connectivity index (χ1) is 8.46. The molecule has 1 heterocycles. The first-order valence-corrected chi connectivity index (χ1v) is 7.23. The zero-order chi connectivity index (χ0) is 13.3. The maximum absolute atomic E-state index is 12.3. The Morgan fingerprint density at radius 2 is 2.06 bits per heavy atom. The van der Waals surface area contributed by atoms with Crippen molar-refractivity contribution in [3.63, 3.8) is 0 Å². The number of nitrogens with zero attached hydrogens (tertiary/aromatic N) is 2. The summed E-state index contributed by atoms with van der Waals surface area (Å²) < 4.78 is 32.4. The molecule has 2 rings (SSSR count). The fraction of sp³-hybridized carbons (Fsp3) is 0.500.